The van der Waals surface area contributed by atoms with Gasteiger partial charge in [-0.25, -0.2) is 0 Å². The largest absolute Gasteiger partial charge is 0.309 e. The summed E-state index contributed by atoms with van der Waals surface area (Å²) in [6, 6.07) is 2.63. The Morgan fingerprint density at radius 3 is 3.00 bits per heavy atom. The van der Waals surface area contributed by atoms with E-state index in [0.717, 1.165) is 13.1 Å². The second-order valence-corrected chi connectivity index (χ2v) is 5.53. The molecule has 1 aromatic rings. The Morgan fingerprint density at radius 2 is 2.31 bits per heavy atom. The third kappa shape index (κ3) is 5.03. The van der Waals surface area contributed by atoms with E-state index in [-0.39, 0.29) is 0 Å². The highest BCUT2D eigenvalue weighted by Gasteiger charge is 2.02. The van der Waals surface area contributed by atoms with Gasteiger partial charge >= 0.3 is 0 Å². The Hall–Kier alpha value is -0.480. The van der Waals surface area contributed by atoms with Crippen LogP contribution < -0.4 is 5.32 Å². The van der Waals surface area contributed by atoms with Crippen LogP contribution in [0.15, 0.2) is 12.3 Å². The van der Waals surface area contributed by atoms with E-state index in [9.17, 15) is 0 Å². The number of rotatable bonds is 8. The molecule has 1 N–H and O–H groups in total. The summed E-state index contributed by atoms with van der Waals surface area (Å²) in [6.45, 7) is 8.49. The summed E-state index contributed by atoms with van der Waals surface area (Å²) in [5, 5.41) is 7.78. The predicted octanol–water partition coefficient (Wildman–Crippen LogP) is 2.52. The van der Waals surface area contributed by atoms with Crippen LogP contribution in [-0.4, -0.2) is 27.3 Å². The van der Waals surface area contributed by atoms with Gasteiger partial charge in [-0.15, -0.1) is 0 Å². The zero-order valence-corrected chi connectivity index (χ0v) is 11.4. The maximum Gasteiger partial charge on any atom is 0.0522 e. The normalized spacial score (nSPS) is 11.2. The molecule has 0 bridgehead atoms. The summed E-state index contributed by atoms with van der Waals surface area (Å²) in [7, 11) is 0. The second-order valence-electron chi connectivity index (χ2n) is 4.13. The summed E-state index contributed by atoms with van der Waals surface area (Å²) < 4.78 is 2.12. The van der Waals surface area contributed by atoms with Gasteiger partial charge in [-0.3, -0.25) is 4.68 Å². The van der Waals surface area contributed by atoms with Crippen LogP contribution in [0.2, 0.25) is 0 Å². The van der Waals surface area contributed by atoms with Crippen molar-refractivity contribution in [2.75, 3.05) is 11.5 Å². The molecule has 0 fully saturated rings. The summed E-state index contributed by atoms with van der Waals surface area (Å²) >= 11 is 2.00. The first kappa shape index (κ1) is 13.6. The summed E-state index contributed by atoms with van der Waals surface area (Å²) in [5.41, 5.74) is 1.29. The van der Waals surface area contributed by atoms with Gasteiger partial charge in [0, 0.05) is 25.3 Å². The van der Waals surface area contributed by atoms with Crippen molar-refractivity contribution in [3.05, 3.63) is 18.0 Å². The molecule has 16 heavy (non-hydrogen) atoms. The van der Waals surface area contributed by atoms with E-state index in [1.54, 1.807) is 0 Å². The van der Waals surface area contributed by atoms with Crippen LogP contribution in [0.1, 0.15) is 32.9 Å². The van der Waals surface area contributed by atoms with Crippen molar-refractivity contribution in [1.82, 2.24) is 15.1 Å². The molecule has 0 saturated heterocycles. The molecule has 0 aliphatic rings. The molecule has 0 aliphatic carbocycles. The summed E-state index contributed by atoms with van der Waals surface area (Å²) in [6.07, 6.45) is 3.10. The minimum Gasteiger partial charge on any atom is -0.309 e. The zero-order chi connectivity index (χ0) is 11.8. The van der Waals surface area contributed by atoms with Gasteiger partial charge in [0.25, 0.3) is 0 Å². The van der Waals surface area contributed by atoms with E-state index in [2.05, 4.69) is 41.9 Å². The minimum atomic E-state index is 0.527. The van der Waals surface area contributed by atoms with Gasteiger partial charge in [0.05, 0.1) is 5.69 Å². The fourth-order valence-electron chi connectivity index (χ4n) is 1.48. The minimum absolute atomic E-state index is 0.527. The van der Waals surface area contributed by atoms with Gasteiger partial charge in [0.15, 0.2) is 0 Å². The molecule has 0 amide bonds. The summed E-state index contributed by atoms with van der Waals surface area (Å²) in [5.74, 6) is 2.44. The van der Waals surface area contributed by atoms with Crippen LogP contribution in [0.4, 0.5) is 0 Å². The van der Waals surface area contributed by atoms with E-state index < -0.39 is 0 Å². The Morgan fingerprint density at radius 1 is 1.50 bits per heavy atom. The molecule has 0 radical (unpaired) electrons. The molecule has 1 aromatic heterocycles. The van der Waals surface area contributed by atoms with E-state index >= 15 is 0 Å². The van der Waals surface area contributed by atoms with Crippen LogP contribution in [0.25, 0.3) is 0 Å². The highest BCUT2D eigenvalue weighted by Crippen LogP contribution is 2.05. The van der Waals surface area contributed by atoms with Crippen molar-refractivity contribution in [3.63, 3.8) is 0 Å². The van der Waals surface area contributed by atoms with E-state index in [4.69, 9.17) is 0 Å². The van der Waals surface area contributed by atoms with Crippen LogP contribution in [0.3, 0.4) is 0 Å². The molecule has 0 aliphatic heterocycles. The molecule has 0 aromatic carbocycles. The number of hydrogen-bond acceptors (Lipinski definition) is 3. The van der Waals surface area contributed by atoms with Crippen molar-refractivity contribution in [2.24, 2.45) is 0 Å². The van der Waals surface area contributed by atoms with E-state index in [0.29, 0.717) is 6.04 Å². The van der Waals surface area contributed by atoms with E-state index in [1.165, 1.54) is 23.6 Å². The Labute approximate surface area is 103 Å². The molecule has 0 spiro atoms. The Balaban J connectivity index is 2.32. The lowest BCUT2D eigenvalue weighted by Gasteiger charge is -2.10. The van der Waals surface area contributed by atoms with Crippen molar-refractivity contribution >= 4 is 11.8 Å². The molecule has 0 saturated carbocycles. The highest BCUT2D eigenvalue weighted by atomic mass is 32.2. The van der Waals surface area contributed by atoms with Gasteiger partial charge in [-0.05, 0) is 24.0 Å². The molecule has 0 atom stereocenters. The third-order valence-corrected chi connectivity index (χ3v) is 3.34. The lowest BCUT2D eigenvalue weighted by Crippen LogP contribution is -2.23. The first-order chi connectivity index (χ1) is 7.74. The number of thioether (sulfide) groups is 1. The molecule has 92 valence electrons. The molecule has 1 rings (SSSR count). The van der Waals surface area contributed by atoms with Gasteiger partial charge in [0.1, 0.15) is 0 Å². The Kier molecular flexibility index (Phi) is 6.57. The molecule has 0 unspecified atom stereocenters. The average Bonchev–Trinajstić information content (AvgIpc) is 2.69. The monoisotopic (exact) mass is 241 g/mol. The van der Waals surface area contributed by atoms with Crippen LogP contribution in [0, 0.1) is 0 Å². The number of hydrogen-bond donors (Lipinski definition) is 1. The van der Waals surface area contributed by atoms with Crippen molar-refractivity contribution in [1.29, 1.82) is 0 Å². The maximum atomic E-state index is 4.36. The van der Waals surface area contributed by atoms with Crippen molar-refractivity contribution < 1.29 is 0 Å². The van der Waals surface area contributed by atoms with Crippen LogP contribution >= 0.6 is 11.8 Å². The first-order valence-corrected chi connectivity index (χ1v) is 7.21. The second kappa shape index (κ2) is 7.74. The first-order valence-electron chi connectivity index (χ1n) is 6.05. The fraction of sp³-hybridized carbons (Fsp3) is 0.750. The maximum absolute atomic E-state index is 4.36. The molecule has 1 heterocycles. The molecule has 4 heteroatoms. The highest BCUT2D eigenvalue weighted by molar-refractivity contribution is 7.99. The lowest BCUT2D eigenvalue weighted by molar-refractivity contribution is 0.525. The van der Waals surface area contributed by atoms with Crippen LogP contribution in [-0.2, 0) is 13.1 Å². The average molecular weight is 241 g/mol. The number of nitrogens with zero attached hydrogens (tertiary/aromatic N) is 2. The SMILES string of the molecule is CCSCCCn1nccc1CNC(C)C. The standard InChI is InChI=1S/C12H23N3S/c1-4-16-9-5-8-15-12(6-7-14-15)10-13-11(2)3/h6-7,11,13H,4-5,8-10H2,1-3H3. The van der Waals surface area contributed by atoms with Gasteiger partial charge in [-0.2, -0.15) is 16.9 Å². The van der Waals surface area contributed by atoms with Gasteiger partial charge in [0.2, 0.25) is 0 Å². The third-order valence-electron chi connectivity index (χ3n) is 2.36. The molecular formula is C12H23N3S. The van der Waals surface area contributed by atoms with Crippen LogP contribution in [0.5, 0.6) is 0 Å². The van der Waals surface area contributed by atoms with Gasteiger partial charge in [-0.1, -0.05) is 20.8 Å². The fourth-order valence-corrected chi connectivity index (χ4v) is 2.10. The zero-order valence-electron chi connectivity index (χ0n) is 10.6. The molecular weight excluding hydrogens is 218 g/mol. The van der Waals surface area contributed by atoms with E-state index in [1.807, 2.05) is 18.0 Å². The van der Waals surface area contributed by atoms with Crippen molar-refractivity contribution in [2.45, 2.75) is 46.3 Å². The van der Waals surface area contributed by atoms with Crippen molar-refractivity contribution in [3.8, 4) is 0 Å². The predicted molar refractivity (Wildman–Crippen MR) is 71.8 cm³/mol. The quantitative estimate of drug-likeness (QED) is 0.709. The smallest absolute Gasteiger partial charge is 0.0522 e. The Bertz CT molecular complexity index is 284. The number of nitrogens with one attached hydrogen (secondary N) is 1. The number of aryl methyl sites for hydroxylation is 1. The summed E-state index contributed by atoms with van der Waals surface area (Å²) in [4.78, 5) is 0. The number of aromatic nitrogens is 2. The molecule has 3 nitrogen and oxygen atoms in total. The lowest BCUT2D eigenvalue weighted by atomic mass is 10.3. The van der Waals surface area contributed by atoms with Gasteiger partial charge < -0.3 is 5.32 Å². The topological polar surface area (TPSA) is 29.9 Å².